The number of fused-ring (bicyclic) bond motifs is 4. The molecule has 1 aliphatic carbocycles. The fourth-order valence-corrected chi connectivity index (χ4v) is 5.16. The third-order valence-corrected chi connectivity index (χ3v) is 6.26. The van der Waals surface area contributed by atoms with Crippen LogP contribution in [0.3, 0.4) is 0 Å². The van der Waals surface area contributed by atoms with Crippen molar-refractivity contribution in [3.63, 3.8) is 0 Å². The van der Waals surface area contributed by atoms with Crippen molar-refractivity contribution in [3.05, 3.63) is 62.5 Å². The van der Waals surface area contributed by atoms with E-state index in [1.165, 1.54) is 4.88 Å². The summed E-state index contributed by atoms with van der Waals surface area (Å²) >= 11 is 1.60. The number of aromatic nitrogens is 2. The molecule has 6 heteroatoms. The molecule has 5 rings (SSSR count). The van der Waals surface area contributed by atoms with Crippen LogP contribution in [0.5, 0.6) is 0 Å². The number of benzene rings is 1. The van der Waals surface area contributed by atoms with Crippen molar-refractivity contribution < 1.29 is 5.11 Å². The smallest absolute Gasteiger partial charge is 0.263 e. The fourth-order valence-electron chi connectivity index (χ4n) is 4.01. The molecule has 0 saturated carbocycles. The highest BCUT2D eigenvalue weighted by Gasteiger charge is 2.33. The summed E-state index contributed by atoms with van der Waals surface area (Å²) in [6, 6.07) is 7.61. The van der Waals surface area contributed by atoms with Crippen LogP contribution in [0.1, 0.15) is 27.6 Å². The molecule has 3 heterocycles. The van der Waals surface area contributed by atoms with Crippen LogP contribution < -0.4 is 10.9 Å². The summed E-state index contributed by atoms with van der Waals surface area (Å²) in [5, 5.41) is 14.6. The Kier molecular flexibility index (Phi) is 3.13. The number of rotatable bonds is 1. The van der Waals surface area contributed by atoms with Crippen molar-refractivity contribution in [2.45, 2.75) is 31.5 Å². The van der Waals surface area contributed by atoms with Gasteiger partial charge in [0, 0.05) is 17.8 Å². The van der Waals surface area contributed by atoms with Crippen molar-refractivity contribution in [2.75, 3.05) is 6.54 Å². The van der Waals surface area contributed by atoms with Gasteiger partial charge in [0.1, 0.15) is 4.83 Å². The Bertz CT molecular complexity index is 1010. The Morgan fingerprint density at radius 1 is 1.33 bits per heavy atom. The minimum atomic E-state index is -0.588. The minimum absolute atomic E-state index is 0.0276. The van der Waals surface area contributed by atoms with Crippen molar-refractivity contribution in [1.82, 2.24) is 14.9 Å². The van der Waals surface area contributed by atoms with Crippen molar-refractivity contribution in [3.8, 4) is 0 Å². The zero-order chi connectivity index (χ0) is 16.3. The predicted octanol–water partition coefficient (Wildman–Crippen LogP) is 1.61. The Labute approximate surface area is 142 Å². The van der Waals surface area contributed by atoms with E-state index in [-0.39, 0.29) is 11.6 Å². The molecule has 2 aromatic heterocycles. The molecule has 2 atom stereocenters. The normalized spacial score (nSPS) is 22.5. The zero-order valence-electron chi connectivity index (χ0n) is 13.0. The lowest BCUT2D eigenvalue weighted by Crippen LogP contribution is -2.31. The number of aliphatic hydroxyl groups is 1. The van der Waals surface area contributed by atoms with Crippen LogP contribution in [-0.4, -0.2) is 27.3 Å². The van der Waals surface area contributed by atoms with Gasteiger partial charge in [-0.25, -0.2) is 4.98 Å². The van der Waals surface area contributed by atoms with E-state index in [1.54, 1.807) is 22.2 Å². The number of hydrogen-bond acceptors (Lipinski definition) is 5. The molecule has 1 aromatic carbocycles. The van der Waals surface area contributed by atoms with E-state index in [4.69, 9.17) is 0 Å². The lowest BCUT2D eigenvalue weighted by atomic mass is 10.1. The molecule has 0 fully saturated rings. The van der Waals surface area contributed by atoms with E-state index in [2.05, 4.69) is 10.3 Å². The van der Waals surface area contributed by atoms with Crippen LogP contribution in [0.2, 0.25) is 0 Å². The summed E-state index contributed by atoms with van der Waals surface area (Å²) in [6.45, 7) is 1.70. The van der Waals surface area contributed by atoms with Crippen LogP contribution in [-0.2, 0) is 19.4 Å². The second kappa shape index (κ2) is 5.24. The quantitative estimate of drug-likeness (QED) is 0.707. The summed E-state index contributed by atoms with van der Waals surface area (Å²) in [5.74, 6) is 0. The summed E-state index contributed by atoms with van der Waals surface area (Å²) in [6.07, 6.45) is 2.46. The molecule has 24 heavy (non-hydrogen) atoms. The van der Waals surface area contributed by atoms with Crippen molar-refractivity contribution >= 4 is 21.6 Å². The maximum Gasteiger partial charge on any atom is 0.263 e. The summed E-state index contributed by atoms with van der Waals surface area (Å²) in [5.41, 5.74) is 3.25. The van der Waals surface area contributed by atoms with E-state index in [1.807, 2.05) is 24.3 Å². The molecule has 0 bridgehead atoms. The molecule has 2 aliphatic rings. The molecular formula is C18H17N3O2S. The number of hydrogen-bond donors (Lipinski definition) is 2. The molecule has 0 radical (unpaired) electrons. The van der Waals surface area contributed by atoms with Gasteiger partial charge in [0.15, 0.2) is 0 Å². The second-order valence-corrected chi connectivity index (χ2v) is 7.57. The maximum absolute atomic E-state index is 13.2. The number of thiophene rings is 1. The molecule has 122 valence electrons. The Morgan fingerprint density at radius 3 is 3.12 bits per heavy atom. The van der Waals surface area contributed by atoms with Gasteiger partial charge in [0.05, 0.1) is 23.9 Å². The van der Waals surface area contributed by atoms with Gasteiger partial charge in [-0.1, -0.05) is 24.3 Å². The van der Waals surface area contributed by atoms with E-state index in [0.29, 0.717) is 6.42 Å². The molecular weight excluding hydrogens is 322 g/mol. The second-order valence-electron chi connectivity index (χ2n) is 6.48. The number of nitrogens with zero attached hydrogens (tertiary/aromatic N) is 2. The van der Waals surface area contributed by atoms with Crippen LogP contribution in [0.15, 0.2) is 35.4 Å². The van der Waals surface area contributed by atoms with Crippen molar-refractivity contribution in [1.29, 1.82) is 0 Å². The van der Waals surface area contributed by atoms with Crippen LogP contribution in [0, 0.1) is 0 Å². The van der Waals surface area contributed by atoms with Gasteiger partial charge in [-0.2, -0.15) is 0 Å². The molecule has 0 spiro atoms. The fraction of sp³-hybridized carbons (Fsp3) is 0.333. The van der Waals surface area contributed by atoms with Crippen LogP contribution >= 0.6 is 11.3 Å². The maximum atomic E-state index is 13.2. The Morgan fingerprint density at radius 2 is 2.21 bits per heavy atom. The number of nitrogens with one attached hydrogen (secondary N) is 1. The average Bonchev–Trinajstić information content (AvgIpc) is 3.13. The number of aliphatic hydroxyl groups excluding tert-OH is 1. The van der Waals surface area contributed by atoms with Crippen LogP contribution in [0.25, 0.3) is 10.2 Å². The highest BCUT2D eigenvalue weighted by molar-refractivity contribution is 7.18. The van der Waals surface area contributed by atoms with Gasteiger partial charge in [-0.05, 0) is 29.7 Å². The highest BCUT2D eigenvalue weighted by atomic mass is 32.1. The van der Waals surface area contributed by atoms with E-state index < -0.39 is 6.10 Å². The van der Waals surface area contributed by atoms with Crippen LogP contribution in [0.4, 0.5) is 0 Å². The van der Waals surface area contributed by atoms with Crippen molar-refractivity contribution in [2.24, 2.45) is 0 Å². The third-order valence-electron chi connectivity index (χ3n) is 5.12. The molecule has 2 N–H and O–H groups in total. The van der Waals surface area contributed by atoms with E-state index in [9.17, 15) is 9.90 Å². The van der Waals surface area contributed by atoms with Gasteiger partial charge in [-0.3, -0.25) is 9.36 Å². The standard InChI is InChI=1S/C18H17N3O2S/c22-13-7-10-3-1-2-4-11(10)16(13)21-9-20-17-15(18(21)23)12-5-6-19-8-14(12)24-17/h1-4,9,13,16,19,22H,5-8H2/t13-,16+/m1/s1. The molecule has 1 aliphatic heterocycles. The largest absolute Gasteiger partial charge is 0.390 e. The summed E-state index contributed by atoms with van der Waals surface area (Å²) in [7, 11) is 0. The predicted molar refractivity (Wildman–Crippen MR) is 93.6 cm³/mol. The van der Waals surface area contributed by atoms with E-state index in [0.717, 1.165) is 46.4 Å². The lowest BCUT2D eigenvalue weighted by molar-refractivity contribution is 0.142. The molecule has 5 nitrogen and oxygen atoms in total. The lowest BCUT2D eigenvalue weighted by Gasteiger charge is -2.19. The monoisotopic (exact) mass is 339 g/mol. The summed E-state index contributed by atoms with van der Waals surface area (Å²) < 4.78 is 1.63. The molecule has 0 saturated heterocycles. The van der Waals surface area contributed by atoms with Gasteiger partial charge in [0.2, 0.25) is 0 Å². The SMILES string of the molecule is O=c1c2c3c(sc2ncn1[C@H]1c2ccccc2C[C@H]1O)CNCC3. The average molecular weight is 339 g/mol. The van der Waals surface area contributed by atoms with Gasteiger partial charge in [-0.15, -0.1) is 11.3 Å². The highest BCUT2D eigenvalue weighted by Crippen LogP contribution is 2.35. The summed E-state index contributed by atoms with van der Waals surface area (Å²) in [4.78, 5) is 19.8. The molecule has 0 unspecified atom stereocenters. The first kappa shape index (κ1) is 14.3. The zero-order valence-corrected chi connectivity index (χ0v) is 13.8. The minimum Gasteiger partial charge on any atom is -0.390 e. The van der Waals surface area contributed by atoms with Gasteiger partial charge >= 0.3 is 0 Å². The third kappa shape index (κ3) is 1.94. The Balaban J connectivity index is 1.74. The first-order valence-electron chi connectivity index (χ1n) is 8.22. The molecule has 0 amide bonds. The van der Waals surface area contributed by atoms with E-state index >= 15 is 0 Å². The van der Waals surface area contributed by atoms with Gasteiger partial charge in [0.25, 0.3) is 5.56 Å². The first-order valence-corrected chi connectivity index (χ1v) is 9.03. The topological polar surface area (TPSA) is 67.2 Å². The first-order chi connectivity index (χ1) is 11.7. The van der Waals surface area contributed by atoms with Gasteiger partial charge < -0.3 is 10.4 Å². The molecule has 3 aromatic rings. The Hall–Kier alpha value is -2.02.